The molecule has 0 atom stereocenters. The molecule has 0 spiro atoms. The van der Waals surface area contributed by atoms with Crippen LogP contribution in [-0.4, -0.2) is 45.0 Å². The van der Waals surface area contributed by atoms with Crippen LogP contribution in [0.4, 0.5) is 0 Å². The summed E-state index contributed by atoms with van der Waals surface area (Å²) >= 11 is 0. The monoisotopic (exact) mass is 382 g/mol. The average molecular weight is 382 g/mol. The summed E-state index contributed by atoms with van der Waals surface area (Å²) in [5.41, 5.74) is 2.78. The molecule has 0 saturated heterocycles. The van der Waals surface area contributed by atoms with Crippen molar-refractivity contribution in [3.05, 3.63) is 59.8 Å². The van der Waals surface area contributed by atoms with Crippen molar-refractivity contribution in [1.82, 2.24) is 9.88 Å². The van der Waals surface area contributed by atoms with Gasteiger partial charge in [-0.1, -0.05) is 12.1 Å². The first-order valence-corrected chi connectivity index (χ1v) is 9.23. The van der Waals surface area contributed by atoms with Gasteiger partial charge in [-0.3, -0.25) is 4.79 Å². The van der Waals surface area contributed by atoms with Crippen molar-refractivity contribution in [3.63, 3.8) is 0 Å². The van der Waals surface area contributed by atoms with E-state index in [9.17, 15) is 4.79 Å². The fraction of sp³-hybridized carbons (Fsp3) is 0.318. The van der Waals surface area contributed by atoms with Crippen LogP contribution in [0.2, 0.25) is 0 Å². The summed E-state index contributed by atoms with van der Waals surface area (Å²) in [5, 5.41) is 3.96. The maximum absolute atomic E-state index is 12.7. The molecule has 6 nitrogen and oxygen atoms in total. The number of fused-ring (bicyclic) bond motifs is 1. The van der Waals surface area contributed by atoms with E-state index in [-0.39, 0.29) is 5.91 Å². The Morgan fingerprint density at radius 3 is 2.61 bits per heavy atom. The van der Waals surface area contributed by atoms with Crippen molar-refractivity contribution in [2.75, 3.05) is 34.5 Å². The summed E-state index contributed by atoms with van der Waals surface area (Å²) < 4.78 is 17.8. The summed E-state index contributed by atoms with van der Waals surface area (Å²) in [6, 6.07) is 13.6. The van der Waals surface area contributed by atoms with E-state index in [1.54, 1.807) is 21.3 Å². The highest BCUT2D eigenvalue weighted by Crippen LogP contribution is 2.27. The molecule has 1 amide bonds. The van der Waals surface area contributed by atoms with Crippen LogP contribution in [0.1, 0.15) is 15.9 Å². The summed E-state index contributed by atoms with van der Waals surface area (Å²) in [7, 11) is 4.91. The molecule has 2 aromatic carbocycles. The summed E-state index contributed by atoms with van der Waals surface area (Å²) in [4.78, 5) is 12.7. The van der Waals surface area contributed by atoms with Crippen LogP contribution in [0.25, 0.3) is 10.9 Å². The van der Waals surface area contributed by atoms with E-state index < -0.39 is 0 Å². The van der Waals surface area contributed by atoms with Gasteiger partial charge in [-0.25, -0.2) is 0 Å². The van der Waals surface area contributed by atoms with Crippen molar-refractivity contribution in [1.29, 1.82) is 0 Å². The number of carbonyl (C=O) groups is 1. The minimum absolute atomic E-state index is 0.0735. The van der Waals surface area contributed by atoms with Crippen molar-refractivity contribution < 1.29 is 19.0 Å². The number of ether oxygens (including phenoxy) is 3. The van der Waals surface area contributed by atoms with Gasteiger partial charge in [-0.2, -0.15) is 0 Å². The van der Waals surface area contributed by atoms with Gasteiger partial charge in [-0.05, 0) is 42.3 Å². The molecule has 1 heterocycles. The quantitative estimate of drug-likeness (QED) is 0.617. The standard InChI is InChI=1S/C22H26N2O4/c1-26-14-13-24-12-10-17-18(5-4-6-19(17)24)22(25)23-11-9-16-7-8-20(27-2)21(15-16)28-3/h4-8,10,12,15H,9,11,13-14H2,1-3H3,(H,23,25). The SMILES string of the molecule is COCCn1ccc2c(C(=O)NCCc3ccc(OC)c(OC)c3)cccc21. The van der Waals surface area contributed by atoms with Crippen molar-refractivity contribution in [3.8, 4) is 11.5 Å². The second kappa shape index (κ2) is 9.28. The van der Waals surface area contributed by atoms with Gasteiger partial charge in [0.25, 0.3) is 5.91 Å². The predicted molar refractivity (Wildman–Crippen MR) is 109 cm³/mol. The van der Waals surface area contributed by atoms with Crippen LogP contribution >= 0.6 is 0 Å². The van der Waals surface area contributed by atoms with Gasteiger partial charge in [0, 0.05) is 42.9 Å². The Hall–Kier alpha value is -2.99. The molecule has 0 fully saturated rings. The number of benzene rings is 2. The average Bonchev–Trinajstić information content (AvgIpc) is 3.15. The van der Waals surface area contributed by atoms with Gasteiger partial charge in [0.05, 0.1) is 20.8 Å². The molecule has 148 valence electrons. The first-order chi connectivity index (χ1) is 13.7. The van der Waals surface area contributed by atoms with E-state index in [1.165, 1.54) is 0 Å². The maximum Gasteiger partial charge on any atom is 0.251 e. The molecule has 0 aliphatic rings. The molecule has 3 rings (SSSR count). The summed E-state index contributed by atoms with van der Waals surface area (Å²) in [6.07, 6.45) is 2.70. The van der Waals surface area contributed by atoms with E-state index >= 15 is 0 Å². The third-order valence-electron chi connectivity index (χ3n) is 4.74. The zero-order valence-corrected chi connectivity index (χ0v) is 16.5. The lowest BCUT2D eigenvalue weighted by atomic mass is 10.1. The van der Waals surface area contributed by atoms with Gasteiger partial charge in [0.2, 0.25) is 0 Å². The normalized spacial score (nSPS) is 10.8. The highest BCUT2D eigenvalue weighted by atomic mass is 16.5. The number of carbonyl (C=O) groups excluding carboxylic acids is 1. The van der Waals surface area contributed by atoms with Crippen molar-refractivity contribution >= 4 is 16.8 Å². The van der Waals surface area contributed by atoms with Gasteiger partial charge in [0.15, 0.2) is 11.5 Å². The Morgan fingerprint density at radius 1 is 1.04 bits per heavy atom. The smallest absolute Gasteiger partial charge is 0.251 e. The zero-order chi connectivity index (χ0) is 19.9. The molecule has 0 saturated carbocycles. The molecule has 28 heavy (non-hydrogen) atoms. The minimum atomic E-state index is -0.0735. The third-order valence-corrected chi connectivity index (χ3v) is 4.74. The molecule has 0 bridgehead atoms. The Bertz CT molecular complexity index is 949. The Morgan fingerprint density at radius 2 is 1.86 bits per heavy atom. The first kappa shape index (κ1) is 19.8. The van der Waals surface area contributed by atoms with Gasteiger partial charge >= 0.3 is 0 Å². The van der Waals surface area contributed by atoms with Crippen LogP contribution in [0.3, 0.4) is 0 Å². The molecule has 3 aromatic rings. The largest absolute Gasteiger partial charge is 0.493 e. The van der Waals surface area contributed by atoms with Crippen molar-refractivity contribution in [2.24, 2.45) is 0 Å². The molecule has 1 N–H and O–H groups in total. The van der Waals surface area contributed by atoms with E-state index in [0.717, 1.165) is 23.0 Å². The van der Waals surface area contributed by atoms with Crippen LogP contribution in [0, 0.1) is 0 Å². The maximum atomic E-state index is 12.7. The Labute approximate surface area is 165 Å². The lowest BCUT2D eigenvalue weighted by molar-refractivity contribution is 0.0956. The van der Waals surface area contributed by atoms with Gasteiger partial charge in [-0.15, -0.1) is 0 Å². The molecular formula is C22H26N2O4. The lowest BCUT2D eigenvalue weighted by Crippen LogP contribution is -2.25. The number of amides is 1. The molecule has 0 aliphatic heterocycles. The van der Waals surface area contributed by atoms with Gasteiger partial charge in [0.1, 0.15) is 0 Å². The van der Waals surface area contributed by atoms with Crippen LogP contribution in [0.5, 0.6) is 11.5 Å². The van der Waals surface area contributed by atoms with E-state index in [1.807, 2.05) is 48.7 Å². The number of hydrogen-bond acceptors (Lipinski definition) is 4. The first-order valence-electron chi connectivity index (χ1n) is 9.23. The van der Waals surface area contributed by atoms with E-state index in [0.29, 0.717) is 36.6 Å². The number of rotatable bonds is 9. The van der Waals surface area contributed by atoms with E-state index in [4.69, 9.17) is 14.2 Å². The number of hydrogen-bond donors (Lipinski definition) is 1. The molecular weight excluding hydrogens is 356 g/mol. The molecule has 0 unspecified atom stereocenters. The summed E-state index contributed by atoms with van der Waals surface area (Å²) in [6.45, 7) is 1.92. The Balaban J connectivity index is 1.66. The minimum Gasteiger partial charge on any atom is -0.493 e. The lowest BCUT2D eigenvalue weighted by Gasteiger charge is -2.11. The van der Waals surface area contributed by atoms with Crippen molar-refractivity contribution in [2.45, 2.75) is 13.0 Å². The van der Waals surface area contributed by atoms with Crippen LogP contribution in [0.15, 0.2) is 48.7 Å². The van der Waals surface area contributed by atoms with Crippen LogP contribution < -0.4 is 14.8 Å². The Kier molecular flexibility index (Phi) is 6.55. The number of aromatic nitrogens is 1. The fourth-order valence-corrected chi connectivity index (χ4v) is 3.26. The molecule has 0 radical (unpaired) electrons. The van der Waals surface area contributed by atoms with Gasteiger partial charge < -0.3 is 24.1 Å². The number of nitrogens with one attached hydrogen (secondary N) is 1. The molecule has 1 aromatic heterocycles. The highest BCUT2D eigenvalue weighted by molar-refractivity contribution is 6.06. The zero-order valence-electron chi connectivity index (χ0n) is 16.5. The third kappa shape index (κ3) is 4.28. The van der Waals surface area contributed by atoms with Crippen LogP contribution in [-0.2, 0) is 17.7 Å². The summed E-state index contributed by atoms with van der Waals surface area (Å²) in [5.74, 6) is 1.31. The molecule has 0 aliphatic carbocycles. The fourth-order valence-electron chi connectivity index (χ4n) is 3.26. The topological polar surface area (TPSA) is 61.7 Å². The van der Waals surface area contributed by atoms with E-state index in [2.05, 4.69) is 9.88 Å². The second-order valence-corrected chi connectivity index (χ2v) is 6.44. The second-order valence-electron chi connectivity index (χ2n) is 6.44. The number of nitrogens with zero attached hydrogens (tertiary/aromatic N) is 1. The number of methoxy groups -OCH3 is 3. The highest BCUT2D eigenvalue weighted by Gasteiger charge is 2.12. The predicted octanol–water partition coefficient (Wildman–Crippen LogP) is 3.28. The molecule has 6 heteroatoms.